The van der Waals surface area contributed by atoms with E-state index in [4.69, 9.17) is 9.47 Å². The molecule has 0 aliphatic carbocycles. The summed E-state index contributed by atoms with van der Waals surface area (Å²) >= 11 is 0. The summed E-state index contributed by atoms with van der Waals surface area (Å²) in [5.74, 6) is 0.196. The molecule has 2 heterocycles. The van der Waals surface area contributed by atoms with Crippen LogP contribution in [0.1, 0.15) is 37.7 Å². The Morgan fingerprint density at radius 3 is 2.68 bits per heavy atom. The van der Waals surface area contributed by atoms with Gasteiger partial charge >= 0.3 is 6.09 Å². The van der Waals surface area contributed by atoms with E-state index >= 15 is 0 Å². The first kappa shape index (κ1) is 19.4. The molecule has 0 radical (unpaired) electrons. The Morgan fingerprint density at radius 1 is 1.36 bits per heavy atom. The van der Waals surface area contributed by atoms with Crippen LogP contribution in [0.3, 0.4) is 0 Å². The number of amides is 1. The summed E-state index contributed by atoms with van der Waals surface area (Å²) in [6.45, 7) is 15.1. The molecule has 1 fully saturated rings. The minimum Gasteiger partial charge on any atom is -0.444 e. The quantitative estimate of drug-likeness (QED) is 0.763. The first-order valence-corrected chi connectivity index (χ1v) is 8.82. The van der Waals surface area contributed by atoms with Crippen LogP contribution in [0.15, 0.2) is 24.8 Å². The maximum Gasteiger partial charge on any atom is 0.410 e. The highest BCUT2D eigenvalue weighted by Gasteiger charge is 2.37. The van der Waals surface area contributed by atoms with Gasteiger partial charge in [-0.2, -0.15) is 0 Å². The number of hydrogen-bond acceptors (Lipinski definition) is 4. The van der Waals surface area contributed by atoms with E-state index in [2.05, 4.69) is 30.6 Å². The molecule has 0 aromatic carbocycles. The Hall–Kier alpha value is -1.88. The molecule has 1 aromatic rings. The Kier molecular flexibility index (Phi) is 6.22. The molecule has 0 unspecified atom stereocenters. The zero-order valence-corrected chi connectivity index (χ0v) is 16.0. The molecule has 1 aliphatic heterocycles. The fourth-order valence-electron chi connectivity index (χ4n) is 3.19. The van der Waals surface area contributed by atoms with Crippen LogP contribution in [0.4, 0.5) is 4.79 Å². The molecule has 138 valence electrons. The molecule has 2 rings (SSSR count). The number of aryl methyl sites for hydroxylation is 2. The number of ether oxygens (including phenoxy) is 2. The summed E-state index contributed by atoms with van der Waals surface area (Å²) < 4.78 is 11.4. The van der Waals surface area contributed by atoms with E-state index in [1.165, 1.54) is 5.56 Å². The lowest BCUT2D eigenvalue weighted by Crippen LogP contribution is -2.36. The fraction of sp³-hybridized carbons (Fsp3) is 0.600. The van der Waals surface area contributed by atoms with Gasteiger partial charge in [-0.05, 0) is 58.7 Å². The molecule has 5 heteroatoms. The number of carbonyl (C=O) groups is 1. The van der Waals surface area contributed by atoms with Crippen molar-refractivity contribution in [1.29, 1.82) is 0 Å². The third-order valence-electron chi connectivity index (χ3n) is 4.08. The Morgan fingerprint density at radius 2 is 2.08 bits per heavy atom. The molecule has 1 amide bonds. The smallest absolute Gasteiger partial charge is 0.410 e. The van der Waals surface area contributed by atoms with E-state index in [0.29, 0.717) is 19.7 Å². The summed E-state index contributed by atoms with van der Waals surface area (Å²) in [7, 11) is 0. The second kappa shape index (κ2) is 8.00. The summed E-state index contributed by atoms with van der Waals surface area (Å²) in [4.78, 5) is 18.8. The van der Waals surface area contributed by atoms with Crippen molar-refractivity contribution in [1.82, 2.24) is 9.88 Å². The number of aromatic nitrogens is 1. The van der Waals surface area contributed by atoms with E-state index in [-0.39, 0.29) is 18.1 Å². The van der Waals surface area contributed by atoms with Crippen LogP contribution in [0, 0.1) is 19.8 Å². The van der Waals surface area contributed by atoms with E-state index in [9.17, 15) is 4.79 Å². The minimum absolute atomic E-state index is 0.0341. The van der Waals surface area contributed by atoms with Crippen molar-refractivity contribution < 1.29 is 14.3 Å². The number of likely N-dealkylation sites (tertiary alicyclic amines) is 1. The van der Waals surface area contributed by atoms with Gasteiger partial charge in [-0.3, -0.25) is 4.98 Å². The highest BCUT2D eigenvalue weighted by Crippen LogP contribution is 2.25. The van der Waals surface area contributed by atoms with E-state index in [1.807, 2.05) is 27.7 Å². The van der Waals surface area contributed by atoms with Gasteiger partial charge in [0.25, 0.3) is 0 Å². The Bertz CT molecular complexity index is 602. The number of hydrogen-bond donors (Lipinski definition) is 0. The lowest BCUT2D eigenvalue weighted by Gasteiger charge is -2.24. The molecule has 25 heavy (non-hydrogen) atoms. The number of nitrogens with zero attached hydrogens (tertiary/aromatic N) is 2. The highest BCUT2D eigenvalue weighted by atomic mass is 16.6. The lowest BCUT2D eigenvalue weighted by molar-refractivity contribution is 0.0226. The monoisotopic (exact) mass is 346 g/mol. The molecule has 0 spiro atoms. The number of pyridine rings is 1. The van der Waals surface area contributed by atoms with E-state index in [1.54, 1.807) is 11.0 Å². The third-order valence-corrected chi connectivity index (χ3v) is 4.08. The summed E-state index contributed by atoms with van der Waals surface area (Å²) in [5, 5.41) is 0. The Balaban J connectivity index is 2.10. The molecule has 0 N–H and O–H groups in total. The molecule has 1 saturated heterocycles. The number of carbonyl (C=O) groups excluding carboxylic acids is 1. The van der Waals surface area contributed by atoms with Gasteiger partial charge in [0.1, 0.15) is 5.60 Å². The van der Waals surface area contributed by atoms with Crippen molar-refractivity contribution in [2.24, 2.45) is 5.92 Å². The average molecular weight is 346 g/mol. The SMILES string of the molecule is C=CCO[C@@H]1CN(C(=O)OC(C)(C)C)C[C@@H]1Cc1cc(C)cc(C)n1. The number of rotatable bonds is 5. The van der Waals surface area contributed by atoms with Crippen molar-refractivity contribution in [3.63, 3.8) is 0 Å². The van der Waals surface area contributed by atoms with E-state index in [0.717, 1.165) is 17.8 Å². The van der Waals surface area contributed by atoms with Gasteiger partial charge in [0.05, 0.1) is 19.3 Å². The second-order valence-electron chi connectivity index (χ2n) is 7.79. The van der Waals surface area contributed by atoms with Gasteiger partial charge < -0.3 is 14.4 Å². The van der Waals surface area contributed by atoms with Crippen LogP contribution in [-0.4, -0.2) is 47.4 Å². The average Bonchev–Trinajstić information content (AvgIpc) is 2.85. The van der Waals surface area contributed by atoms with Crippen LogP contribution < -0.4 is 0 Å². The van der Waals surface area contributed by atoms with Crippen LogP contribution in [0.5, 0.6) is 0 Å². The van der Waals surface area contributed by atoms with Gasteiger partial charge in [-0.25, -0.2) is 4.79 Å². The summed E-state index contributed by atoms with van der Waals surface area (Å²) in [6.07, 6.45) is 2.20. The molecular weight excluding hydrogens is 316 g/mol. The predicted molar refractivity (Wildman–Crippen MR) is 98.6 cm³/mol. The Labute approximate surface area is 151 Å². The van der Waals surface area contributed by atoms with Crippen molar-refractivity contribution in [3.8, 4) is 0 Å². The predicted octanol–water partition coefficient (Wildman–Crippen LogP) is 3.68. The molecule has 0 saturated carbocycles. The first-order valence-electron chi connectivity index (χ1n) is 8.82. The molecule has 1 aliphatic rings. The standard InChI is InChI=1S/C20H30N2O3/c1-7-8-24-18-13-22(19(23)25-20(4,5)6)12-16(18)11-17-10-14(2)9-15(3)21-17/h7,9-10,16,18H,1,8,11-13H2,2-6H3/t16-,18+/m0/s1. The van der Waals surface area contributed by atoms with Crippen LogP contribution >= 0.6 is 0 Å². The summed E-state index contributed by atoms with van der Waals surface area (Å²) in [5.41, 5.74) is 2.76. The maximum atomic E-state index is 12.4. The fourth-order valence-corrected chi connectivity index (χ4v) is 3.19. The van der Waals surface area contributed by atoms with Gasteiger partial charge in [0.2, 0.25) is 0 Å². The minimum atomic E-state index is -0.498. The molecular formula is C20H30N2O3. The first-order chi connectivity index (χ1) is 11.7. The lowest BCUT2D eigenvalue weighted by atomic mass is 9.98. The molecule has 2 atom stereocenters. The molecule has 5 nitrogen and oxygen atoms in total. The van der Waals surface area contributed by atoms with Crippen LogP contribution in [-0.2, 0) is 15.9 Å². The third kappa shape index (κ3) is 5.85. The van der Waals surface area contributed by atoms with Gasteiger partial charge in [0, 0.05) is 23.9 Å². The maximum absolute atomic E-state index is 12.4. The molecule has 1 aromatic heterocycles. The zero-order chi connectivity index (χ0) is 18.6. The van der Waals surface area contributed by atoms with Crippen LogP contribution in [0.25, 0.3) is 0 Å². The van der Waals surface area contributed by atoms with Crippen molar-refractivity contribution in [3.05, 3.63) is 41.7 Å². The largest absolute Gasteiger partial charge is 0.444 e. The van der Waals surface area contributed by atoms with Crippen molar-refractivity contribution in [2.45, 2.75) is 52.7 Å². The van der Waals surface area contributed by atoms with E-state index < -0.39 is 5.60 Å². The second-order valence-corrected chi connectivity index (χ2v) is 7.79. The van der Waals surface area contributed by atoms with Gasteiger partial charge in [-0.1, -0.05) is 6.08 Å². The highest BCUT2D eigenvalue weighted by molar-refractivity contribution is 5.68. The topological polar surface area (TPSA) is 51.7 Å². The van der Waals surface area contributed by atoms with Gasteiger partial charge in [0.15, 0.2) is 0 Å². The normalized spacial score (nSPS) is 20.6. The van der Waals surface area contributed by atoms with Crippen molar-refractivity contribution in [2.75, 3.05) is 19.7 Å². The van der Waals surface area contributed by atoms with Crippen molar-refractivity contribution >= 4 is 6.09 Å². The summed E-state index contributed by atoms with van der Waals surface area (Å²) in [6, 6.07) is 4.17. The zero-order valence-electron chi connectivity index (χ0n) is 16.0. The van der Waals surface area contributed by atoms with Crippen LogP contribution in [0.2, 0.25) is 0 Å². The molecule has 0 bridgehead atoms. The van der Waals surface area contributed by atoms with Gasteiger partial charge in [-0.15, -0.1) is 6.58 Å².